The Bertz CT molecular complexity index is 1660. The van der Waals surface area contributed by atoms with Gasteiger partial charge in [-0.05, 0) is 31.2 Å². The molecule has 0 saturated heterocycles. The minimum atomic E-state index is -0.416. The Balaban J connectivity index is 1.47. The number of nitriles is 1. The fraction of sp³-hybridized carbons (Fsp3) is 0.0833. The molecule has 0 fully saturated rings. The van der Waals surface area contributed by atoms with Crippen LogP contribution in [0.25, 0.3) is 33.0 Å². The van der Waals surface area contributed by atoms with Gasteiger partial charge in [0.15, 0.2) is 15.6 Å². The van der Waals surface area contributed by atoms with Gasteiger partial charge in [-0.2, -0.15) is 10.2 Å². The van der Waals surface area contributed by atoms with Crippen LogP contribution < -0.4 is 10.1 Å². The summed E-state index contributed by atoms with van der Waals surface area (Å²) in [4.78, 5) is 39.7. The number of aromatic nitrogens is 6. The van der Waals surface area contributed by atoms with Crippen molar-refractivity contribution in [3.8, 4) is 34.3 Å². The average Bonchev–Trinajstić information content (AvgIpc) is 3.30. The smallest absolute Gasteiger partial charge is 0.259 e. The maximum Gasteiger partial charge on any atom is 0.259 e. The number of nitrogens with one attached hydrogen (secondary N) is 1. The Kier molecular flexibility index (Phi) is 6.20. The lowest BCUT2D eigenvalue weighted by atomic mass is 10.0. The van der Waals surface area contributed by atoms with Crippen LogP contribution in [-0.4, -0.2) is 42.9 Å². The number of ether oxygens (including phenoxy) is 1. The summed E-state index contributed by atoms with van der Waals surface area (Å²) >= 11 is 7.30. The summed E-state index contributed by atoms with van der Waals surface area (Å²) in [5.41, 5.74) is 4.17. The highest BCUT2D eigenvalue weighted by Crippen LogP contribution is 2.34. The van der Waals surface area contributed by atoms with Gasteiger partial charge in [-0.1, -0.05) is 22.9 Å². The van der Waals surface area contributed by atoms with E-state index in [4.69, 9.17) is 21.6 Å². The lowest BCUT2D eigenvalue weighted by Crippen LogP contribution is -2.14. The first-order valence-electron chi connectivity index (χ1n) is 10.4. The first-order chi connectivity index (χ1) is 17.4. The second kappa shape index (κ2) is 9.61. The fourth-order valence-electron chi connectivity index (χ4n) is 3.43. The van der Waals surface area contributed by atoms with Gasteiger partial charge in [-0.15, -0.1) is 0 Å². The molecule has 1 N–H and O–H groups in total. The highest BCUT2D eigenvalue weighted by molar-refractivity contribution is 7.21. The zero-order chi connectivity index (χ0) is 25.2. The van der Waals surface area contributed by atoms with Crippen LogP contribution in [0, 0.1) is 18.3 Å². The maximum absolute atomic E-state index is 13.3. The molecular weight excluding hydrogens is 500 g/mol. The predicted octanol–water partition coefficient (Wildman–Crippen LogP) is 4.70. The third-order valence-corrected chi connectivity index (χ3v) is 6.19. The minimum absolute atomic E-state index is 0.266. The van der Waals surface area contributed by atoms with Crippen molar-refractivity contribution >= 4 is 44.5 Å². The molecule has 0 spiro atoms. The number of fused-ring (bicyclic) bond motifs is 1. The molecule has 0 aliphatic carbocycles. The molecule has 5 heterocycles. The summed E-state index contributed by atoms with van der Waals surface area (Å²) in [5.74, 6) is 0.0527. The normalized spacial score (nSPS) is 10.7. The SMILES string of the molecule is COc1cnc(Cl)cc1-c1cc(C)ncc1C(=O)Nc1nc2ncc(-c3ccc(C#N)cn3)nc2s1. The zero-order valence-electron chi connectivity index (χ0n) is 18.9. The molecule has 0 aliphatic heterocycles. The molecule has 0 aliphatic rings. The van der Waals surface area contributed by atoms with Crippen LogP contribution in [0.2, 0.25) is 5.15 Å². The average molecular weight is 515 g/mol. The third kappa shape index (κ3) is 4.55. The summed E-state index contributed by atoms with van der Waals surface area (Å²) in [5, 5.41) is 12.4. The molecule has 0 bridgehead atoms. The van der Waals surface area contributed by atoms with E-state index in [9.17, 15) is 4.79 Å². The standard InChI is InChI=1S/C24H15ClN8O2S/c1-12-5-14(15-6-20(25)29-11-19(15)35-2)16(9-27-12)22(34)33-24-32-21-23(36-24)31-18(10-30-21)17-4-3-13(7-26)8-28-17/h3-6,8-11H,1-2H3,(H,30,32,33,34). The number of halogens is 1. The van der Waals surface area contributed by atoms with E-state index in [1.807, 2.05) is 13.0 Å². The second-order valence-corrected chi connectivity index (χ2v) is 8.84. The fourth-order valence-corrected chi connectivity index (χ4v) is 4.38. The summed E-state index contributed by atoms with van der Waals surface area (Å²) in [7, 11) is 1.52. The van der Waals surface area contributed by atoms with Crippen molar-refractivity contribution < 1.29 is 9.53 Å². The van der Waals surface area contributed by atoms with Gasteiger partial charge in [0.05, 0.1) is 36.3 Å². The van der Waals surface area contributed by atoms with Gasteiger partial charge in [0.2, 0.25) is 0 Å². The number of pyridine rings is 3. The van der Waals surface area contributed by atoms with E-state index >= 15 is 0 Å². The van der Waals surface area contributed by atoms with Gasteiger partial charge in [0.1, 0.15) is 22.7 Å². The summed E-state index contributed by atoms with van der Waals surface area (Å²) < 4.78 is 5.43. The zero-order valence-corrected chi connectivity index (χ0v) is 20.4. The molecule has 0 radical (unpaired) electrons. The number of thiazole rings is 1. The van der Waals surface area contributed by atoms with Gasteiger partial charge in [-0.3, -0.25) is 20.1 Å². The Morgan fingerprint density at radius 2 is 1.89 bits per heavy atom. The summed E-state index contributed by atoms with van der Waals surface area (Å²) in [6, 6.07) is 8.80. The molecule has 176 valence electrons. The van der Waals surface area contributed by atoms with Crippen molar-refractivity contribution in [2.45, 2.75) is 6.92 Å². The van der Waals surface area contributed by atoms with Gasteiger partial charge in [0.25, 0.3) is 5.91 Å². The van der Waals surface area contributed by atoms with Crippen LogP contribution in [0.4, 0.5) is 5.13 Å². The number of nitrogens with zero attached hydrogens (tertiary/aromatic N) is 7. The molecule has 5 aromatic rings. The van der Waals surface area contributed by atoms with Crippen molar-refractivity contribution in [3.63, 3.8) is 0 Å². The van der Waals surface area contributed by atoms with Crippen molar-refractivity contribution in [2.75, 3.05) is 12.4 Å². The second-order valence-electron chi connectivity index (χ2n) is 7.48. The quantitative estimate of drug-likeness (QED) is 0.330. The van der Waals surface area contributed by atoms with E-state index in [-0.39, 0.29) is 5.15 Å². The molecule has 0 unspecified atom stereocenters. The molecule has 5 rings (SSSR count). The molecule has 36 heavy (non-hydrogen) atoms. The molecule has 10 nitrogen and oxygen atoms in total. The number of carbonyl (C=O) groups excluding carboxylic acids is 1. The van der Waals surface area contributed by atoms with Crippen molar-refractivity contribution in [2.24, 2.45) is 0 Å². The lowest BCUT2D eigenvalue weighted by molar-refractivity contribution is 0.102. The van der Waals surface area contributed by atoms with Gasteiger partial charge >= 0.3 is 0 Å². The van der Waals surface area contributed by atoms with Crippen molar-refractivity contribution in [1.29, 1.82) is 5.26 Å². The number of anilines is 1. The molecule has 5 aromatic heterocycles. The van der Waals surface area contributed by atoms with E-state index in [0.29, 0.717) is 60.7 Å². The Labute approximate surface area is 213 Å². The number of hydrogen-bond acceptors (Lipinski definition) is 10. The number of carbonyl (C=O) groups is 1. The monoisotopic (exact) mass is 514 g/mol. The minimum Gasteiger partial charge on any atom is -0.494 e. The number of hydrogen-bond donors (Lipinski definition) is 1. The Hall–Kier alpha value is -4.53. The van der Waals surface area contributed by atoms with E-state index in [0.717, 1.165) is 0 Å². The van der Waals surface area contributed by atoms with Crippen molar-refractivity contribution in [3.05, 3.63) is 71.0 Å². The van der Waals surface area contributed by atoms with Gasteiger partial charge < -0.3 is 4.74 Å². The van der Waals surface area contributed by atoms with Crippen LogP contribution in [0.1, 0.15) is 21.6 Å². The number of methoxy groups -OCH3 is 1. The number of amides is 1. The summed E-state index contributed by atoms with van der Waals surface area (Å²) in [6.07, 6.45) is 6.01. The van der Waals surface area contributed by atoms with Gasteiger partial charge in [0, 0.05) is 29.2 Å². The third-order valence-electron chi connectivity index (χ3n) is 5.13. The van der Waals surface area contributed by atoms with Crippen LogP contribution in [0.5, 0.6) is 5.75 Å². The van der Waals surface area contributed by atoms with E-state index in [1.54, 1.807) is 30.5 Å². The van der Waals surface area contributed by atoms with Crippen molar-refractivity contribution in [1.82, 2.24) is 29.9 Å². The van der Waals surface area contributed by atoms with E-state index in [2.05, 4.69) is 35.2 Å². The van der Waals surface area contributed by atoms with Crippen LogP contribution in [0.15, 0.2) is 49.1 Å². The first-order valence-corrected chi connectivity index (χ1v) is 11.6. The Morgan fingerprint density at radius 1 is 1.03 bits per heavy atom. The number of rotatable bonds is 5. The molecular formula is C24H15ClN8O2S. The first kappa shape index (κ1) is 23.2. The highest BCUT2D eigenvalue weighted by atomic mass is 35.5. The molecule has 0 aromatic carbocycles. The number of aryl methyl sites for hydroxylation is 1. The predicted molar refractivity (Wildman–Crippen MR) is 135 cm³/mol. The van der Waals surface area contributed by atoms with Gasteiger partial charge in [-0.25, -0.2) is 15.0 Å². The topological polar surface area (TPSA) is 139 Å². The van der Waals surface area contributed by atoms with Crippen LogP contribution in [0.3, 0.4) is 0 Å². The molecule has 1 amide bonds. The largest absolute Gasteiger partial charge is 0.494 e. The molecule has 0 saturated carbocycles. The highest BCUT2D eigenvalue weighted by Gasteiger charge is 2.20. The molecule has 0 atom stereocenters. The maximum atomic E-state index is 13.3. The Morgan fingerprint density at radius 3 is 2.64 bits per heavy atom. The van der Waals surface area contributed by atoms with Crippen LogP contribution >= 0.6 is 22.9 Å². The lowest BCUT2D eigenvalue weighted by Gasteiger charge is -2.13. The summed E-state index contributed by atoms with van der Waals surface area (Å²) in [6.45, 7) is 1.83. The molecule has 12 heteroatoms. The van der Waals surface area contributed by atoms with E-state index in [1.165, 1.54) is 37.0 Å². The van der Waals surface area contributed by atoms with E-state index < -0.39 is 5.91 Å². The van der Waals surface area contributed by atoms with Crippen LogP contribution in [-0.2, 0) is 0 Å².